The van der Waals surface area contributed by atoms with E-state index in [0.29, 0.717) is 19.4 Å². The van der Waals surface area contributed by atoms with Gasteiger partial charge in [0.25, 0.3) is 0 Å². The number of rotatable bonds is 4. The Balaban J connectivity index is 2.31. The Morgan fingerprint density at radius 3 is 3.09 bits per heavy atom. The van der Waals surface area contributed by atoms with Gasteiger partial charge in [-0.2, -0.15) is 0 Å². The van der Waals surface area contributed by atoms with Gasteiger partial charge in [-0.15, -0.1) is 11.3 Å². The van der Waals surface area contributed by atoms with Crippen LogP contribution in [0.4, 0.5) is 4.39 Å². The van der Waals surface area contributed by atoms with E-state index in [2.05, 4.69) is 4.98 Å². The molecule has 1 aromatic rings. The monoisotopic (exact) mass is 174 g/mol. The predicted molar refractivity (Wildman–Crippen MR) is 44.4 cm³/mol. The molecule has 0 bridgehead atoms. The van der Waals surface area contributed by atoms with Crippen molar-refractivity contribution < 1.29 is 4.39 Å². The van der Waals surface area contributed by atoms with Crippen LogP contribution in [0.3, 0.4) is 0 Å². The summed E-state index contributed by atoms with van der Waals surface area (Å²) in [6, 6.07) is 0. The SMILES string of the molecule is NCCC(F)Cc1nccs1. The molecule has 0 saturated carbocycles. The molecular formula is C7H11FN2S. The van der Waals surface area contributed by atoms with Crippen molar-refractivity contribution in [3.05, 3.63) is 16.6 Å². The van der Waals surface area contributed by atoms with Gasteiger partial charge < -0.3 is 5.73 Å². The summed E-state index contributed by atoms with van der Waals surface area (Å²) in [5.41, 5.74) is 5.20. The van der Waals surface area contributed by atoms with Crippen molar-refractivity contribution in [2.75, 3.05) is 6.54 Å². The Hall–Kier alpha value is -0.480. The maximum Gasteiger partial charge on any atom is 0.108 e. The van der Waals surface area contributed by atoms with E-state index >= 15 is 0 Å². The first-order valence-electron chi connectivity index (χ1n) is 3.55. The first-order valence-corrected chi connectivity index (χ1v) is 4.43. The lowest BCUT2D eigenvalue weighted by Gasteiger charge is -2.02. The zero-order valence-corrected chi connectivity index (χ0v) is 6.98. The number of nitrogens with zero attached hydrogens (tertiary/aromatic N) is 1. The highest BCUT2D eigenvalue weighted by Gasteiger charge is 2.07. The summed E-state index contributed by atoms with van der Waals surface area (Å²) in [5.74, 6) is 0. The average Bonchev–Trinajstić information content (AvgIpc) is 2.40. The standard InChI is InChI=1S/C7H11FN2S/c8-6(1-2-9)5-7-10-3-4-11-7/h3-4,6H,1-2,5,9H2. The maximum absolute atomic E-state index is 12.9. The molecule has 1 heterocycles. The fourth-order valence-electron chi connectivity index (χ4n) is 0.826. The molecule has 4 heteroatoms. The van der Waals surface area contributed by atoms with Gasteiger partial charge in [0.05, 0.1) is 5.01 Å². The van der Waals surface area contributed by atoms with Gasteiger partial charge in [-0.05, 0) is 13.0 Å². The Morgan fingerprint density at radius 2 is 2.55 bits per heavy atom. The number of hydrogen-bond acceptors (Lipinski definition) is 3. The van der Waals surface area contributed by atoms with Crippen molar-refractivity contribution in [3.63, 3.8) is 0 Å². The van der Waals surface area contributed by atoms with Crippen molar-refractivity contribution in [3.8, 4) is 0 Å². The molecule has 0 radical (unpaired) electrons. The van der Waals surface area contributed by atoms with Gasteiger partial charge in [-0.25, -0.2) is 9.37 Å². The molecule has 1 aromatic heterocycles. The van der Waals surface area contributed by atoms with Crippen LogP contribution in [0.2, 0.25) is 0 Å². The number of halogens is 1. The molecule has 0 aromatic carbocycles. The summed E-state index contributed by atoms with van der Waals surface area (Å²) in [7, 11) is 0. The van der Waals surface area contributed by atoms with Crippen LogP contribution in [0.15, 0.2) is 11.6 Å². The van der Waals surface area contributed by atoms with E-state index in [4.69, 9.17) is 5.73 Å². The quantitative estimate of drug-likeness (QED) is 0.748. The Morgan fingerprint density at radius 1 is 1.73 bits per heavy atom. The molecule has 0 spiro atoms. The van der Waals surface area contributed by atoms with Crippen molar-refractivity contribution in [2.24, 2.45) is 5.73 Å². The van der Waals surface area contributed by atoms with E-state index in [0.717, 1.165) is 5.01 Å². The van der Waals surface area contributed by atoms with E-state index in [1.807, 2.05) is 5.38 Å². The minimum atomic E-state index is -0.828. The molecule has 0 amide bonds. The van der Waals surface area contributed by atoms with Crippen LogP contribution in [0.5, 0.6) is 0 Å². The molecule has 0 aliphatic carbocycles. The fourth-order valence-corrected chi connectivity index (χ4v) is 1.50. The maximum atomic E-state index is 12.9. The molecule has 0 saturated heterocycles. The summed E-state index contributed by atoms with van der Waals surface area (Å²) in [6.07, 6.45) is 1.70. The first-order chi connectivity index (χ1) is 5.33. The number of nitrogens with two attached hydrogens (primary N) is 1. The van der Waals surface area contributed by atoms with Gasteiger partial charge in [0.15, 0.2) is 0 Å². The van der Waals surface area contributed by atoms with Crippen LogP contribution in [-0.4, -0.2) is 17.7 Å². The van der Waals surface area contributed by atoms with E-state index in [1.165, 1.54) is 11.3 Å². The van der Waals surface area contributed by atoms with Crippen LogP contribution in [0.25, 0.3) is 0 Å². The largest absolute Gasteiger partial charge is 0.330 e. The topological polar surface area (TPSA) is 38.9 Å². The molecule has 2 nitrogen and oxygen atoms in total. The minimum Gasteiger partial charge on any atom is -0.330 e. The first kappa shape index (κ1) is 8.62. The number of aromatic nitrogens is 1. The van der Waals surface area contributed by atoms with Gasteiger partial charge in [-0.3, -0.25) is 0 Å². The van der Waals surface area contributed by atoms with Gasteiger partial charge in [0.1, 0.15) is 6.17 Å². The molecule has 62 valence electrons. The van der Waals surface area contributed by atoms with Crippen LogP contribution in [-0.2, 0) is 6.42 Å². The van der Waals surface area contributed by atoms with E-state index < -0.39 is 6.17 Å². The second kappa shape index (κ2) is 4.41. The highest BCUT2D eigenvalue weighted by Crippen LogP contribution is 2.10. The second-order valence-electron chi connectivity index (χ2n) is 2.30. The third-order valence-electron chi connectivity index (χ3n) is 1.36. The third-order valence-corrected chi connectivity index (χ3v) is 2.16. The molecule has 1 rings (SSSR count). The van der Waals surface area contributed by atoms with E-state index in [1.54, 1.807) is 6.20 Å². The lowest BCUT2D eigenvalue weighted by atomic mass is 10.2. The number of alkyl halides is 1. The minimum absolute atomic E-state index is 0.409. The molecule has 0 aliphatic rings. The van der Waals surface area contributed by atoms with Crippen LogP contribution < -0.4 is 5.73 Å². The summed E-state index contributed by atoms with van der Waals surface area (Å²) in [5, 5.41) is 2.70. The lowest BCUT2D eigenvalue weighted by molar-refractivity contribution is 0.316. The van der Waals surface area contributed by atoms with Crippen LogP contribution >= 0.6 is 11.3 Å². The molecule has 1 atom stereocenters. The zero-order chi connectivity index (χ0) is 8.10. The Labute approximate surface area is 69.3 Å². The second-order valence-corrected chi connectivity index (χ2v) is 3.28. The van der Waals surface area contributed by atoms with Gasteiger partial charge >= 0.3 is 0 Å². The molecule has 0 aliphatic heterocycles. The highest BCUT2D eigenvalue weighted by atomic mass is 32.1. The fraction of sp³-hybridized carbons (Fsp3) is 0.571. The number of hydrogen-bond donors (Lipinski definition) is 1. The van der Waals surface area contributed by atoms with Gasteiger partial charge in [-0.1, -0.05) is 0 Å². The molecule has 2 N–H and O–H groups in total. The van der Waals surface area contributed by atoms with E-state index in [-0.39, 0.29) is 0 Å². The van der Waals surface area contributed by atoms with E-state index in [9.17, 15) is 4.39 Å². The number of thiazole rings is 1. The average molecular weight is 174 g/mol. The van der Waals surface area contributed by atoms with Crippen molar-refractivity contribution >= 4 is 11.3 Å². The Bertz CT molecular complexity index is 188. The molecule has 11 heavy (non-hydrogen) atoms. The van der Waals surface area contributed by atoms with Crippen molar-refractivity contribution in [2.45, 2.75) is 19.0 Å². The third kappa shape index (κ3) is 2.95. The molecule has 1 unspecified atom stereocenters. The molecular weight excluding hydrogens is 163 g/mol. The van der Waals surface area contributed by atoms with Crippen LogP contribution in [0, 0.1) is 0 Å². The van der Waals surface area contributed by atoms with Gasteiger partial charge in [0.2, 0.25) is 0 Å². The van der Waals surface area contributed by atoms with Crippen molar-refractivity contribution in [1.29, 1.82) is 0 Å². The van der Waals surface area contributed by atoms with Crippen LogP contribution in [0.1, 0.15) is 11.4 Å². The summed E-state index contributed by atoms with van der Waals surface area (Å²) in [4.78, 5) is 3.98. The zero-order valence-electron chi connectivity index (χ0n) is 6.16. The lowest BCUT2D eigenvalue weighted by Crippen LogP contribution is -2.11. The normalized spacial score (nSPS) is 13.3. The summed E-state index contributed by atoms with van der Waals surface area (Å²) in [6.45, 7) is 0.409. The van der Waals surface area contributed by atoms with Crippen molar-refractivity contribution in [1.82, 2.24) is 4.98 Å². The predicted octanol–water partition coefficient (Wildman–Crippen LogP) is 1.37. The smallest absolute Gasteiger partial charge is 0.108 e. The summed E-state index contributed by atoms with van der Waals surface area (Å²) >= 11 is 1.49. The summed E-state index contributed by atoms with van der Waals surface area (Å²) < 4.78 is 12.9. The Kier molecular flexibility index (Phi) is 3.45. The van der Waals surface area contributed by atoms with Gasteiger partial charge in [0, 0.05) is 18.0 Å². The molecule has 0 fully saturated rings. The highest BCUT2D eigenvalue weighted by molar-refractivity contribution is 7.09.